The van der Waals surface area contributed by atoms with Crippen molar-refractivity contribution < 1.29 is 14.6 Å². The third-order valence-electron chi connectivity index (χ3n) is 4.28. The molecule has 0 saturated carbocycles. The summed E-state index contributed by atoms with van der Waals surface area (Å²) in [6.07, 6.45) is 2.16. The van der Waals surface area contributed by atoms with Crippen LogP contribution < -0.4 is 10.1 Å². The summed E-state index contributed by atoms with van der Waals surface area (Å²) in [6, 6.07) is 13.2. The Morgan fingerprint density at radius 3 is 2.37 bits per heavy atom. The monoisotopic (exact) mass is 389 g/mol. The maximum Gasteiger partial charge on any atom is 0.251 e. The fraction of sp³-hybridized carbons (Fsp3) is 0.409. The van der Waals surface area contributed by atoms with Crippen molar-refractivity contribution >= 4 is 17.5 Å². The second-order valence-electron chi connectivity index (χ2n) is 6.87. The first-order valence-electron chi connectivity index (χ1n) is 9.38. The minimum absolute atomic E-state index is 0.00945. The summed E-state index contributed by atoms with van der Waals surface area (Å²) in [6.45, 7) is 5.97. The zero-order valence-corrected chi connectivity index (χ0v) is 16.9. The highest BCUT2D eigenvalue weighted by Gasteiger charge is 2.16. The number of aliphatic hydroxyl groups excluding tert-OH is 1. The van der Waals surface area contributed by atoms with E-state index in [1.807, 2.05) is 13.8 Å². The van der Waals surface area contributed by atoms with Gasteiger partial charge in [0.15, 0.2) is 0 Å². The van der Waals surface area contributed by atoms with Crippen LogP contribution in [0.5, 0.6) is 5.75 Å². The average molecular weight is 390 g/mol. The van der Waals surface area contributed by atoms with E-state index in [-0.39, 0.29) is 24.7 Å². The van der Waals surface area contributed by atoms with Gasteiger partial charge in [-0.25, -0.2) is 0 Å². The van der Waals surface area contributed by atoms with Gasteiger partial charge in [-0.1, -0.05) is 42.8 Å². The summed E-state index contributed by atoms with van der Waals surface area (Å²) in [4.78, 5) is 12.6. The number of hydrogen-bond donors (Lipinski definition) is 2. The minimum atomic E-state index is -0.211. The van der Waals surface area contributed by atoms with Crippen LogP contribution in [0.3, 0.4) is 0 Å². The first-order valence-corrected chi connectivity index (χ1v) is 9.76. The molecule has 0 fully saturated rings. The largest absolute Gasteiger partial charge is 0.489 e. The predicted molar refractivity (Wildman–Crippen MR) is 110 cm³/mol. The molecule has 27 heavy (non-hydrogen) atoms. The summed E-state index contributed by atoms with van der Waals surface area (Å²) in [5, 5.41) is 12.8. The molecule has 0 heterocycles. The standard InChI is InChI=1S/C22H28ClNO3/c1-4-16-5-7-17(8-6-16)13-19(11-12-25)24-22(26)18-9-10-21(20(23)14-18)27-15(2)3/h5-10,14-15,19,25H,4,11-13H2,1-3H3,(H,24,26)/t19-/m1/s1. The highest BCUT2D eigenvalue weighted by atomic mass is 35.5. The quantitative estimate of drug-likeness (QED) is 0.667. The Labute approximate surface area is 166 Å². The topological polar surface area (TPSA) is 58.6 Å². The normalized spacial score (nSPS) is 12.1. The highest BCUT2D eigenvalue weighted by Crippen LogP contribution is 2.26. The number of amides is 1. The smallest absolute Gasteiger partial charge is 0.251 e. The molecule has 1 amide bonds. The molecule has 1 atom stereocenters. The SMILES string of the molecule is CCc1ccc(C[C@@H](CCO)NC(=O)c2ccc(OC(C)C)c(Cl)c2)cc1. The van der Waals surface area contributed by atoms with Crippen molar-refractivity contribution in [2.75, 3.05) is 6.61 Å². The van der Waals surface area contributed by atoms with Crippen LogP contribution in [0.1, 0.15) is 48.7 Å². The Morgan fingerprint density at radius 2 is 1.81 bits per heavy atom. The Kier molecular flexibility index (Phi) is 8.14. The van der Waals surface area contributed by atoms with Crippen LogP contribution >= 0.6 is 11.6 Å². The Hall–Kier alpha value is -2.04. The van der Waals surface area contributed by atoms with E-state index >= 15 is 0 Å². The molecule has 0 aliphatic rings. The average Bonchev–Trinajstić information content (AvgIpc) is 2.63. The van der Waals surface area contributed by atoms with Crippen molar-refractivity contribution in [1.82, 2.24) is 5.32 Å². The van der Waals surface area contributed by atoms with Crippen LogP contribution in [0.25, 0.3) is 0 Å². The van der Waals surface area contributed by atoms with Gasteiger partial charge < -0.3 is 15.2 Å². The van der Waals surface area contributed by atoms with E-state index in [1.165, 1.54) is 5.56 Å². The molecule has 0 radical (unpaired) electrons. The van der Waals surface area contributed by atoms with E-state index in [4.69, 9.17) is 16.3 Å². The Morgan fingerprint density at radius 1 is 1.15 bits per heavy atom. The summed E-state index contributed by atoms with van der Waals surface area (Å²) >= 11 is 6.23. The molecule has 2 aromatic carbocycles. The molecule has 0 aliphatic carbocycles. The Balaban J connectivity index is 2.06. The first-order chi connectivity index (χ1) is 12.9. The first kappa shape index (κ1) is 21.3. The number of hydrogen-bond acceptors (Lipinski definition) is 3. The van der Waals surface area contributed by atoms with E-state index < -0.39 is 0 Å². The van der Waals surface area contributed by atoms with Crippen molar-refractivity contribution in [2.24, 2.45) is 0 Å². The van der Waals surface area contributed by atoms with Crippen molar-refractivity contribution in [2.45, 2.75) is 52.2 Å². The number of nitrogens with one attached hydrogen (secondary N) is 1. The van der Waals surface area contributed by atoms with Crippen molar-refractivity contribution in [3.8, 4) is 5.75 Å². The van der Waals surface area contributed by atoms with Gasteiger partial charge >= 0.3 is 0 Å². The molecule has 0 unspecified atom stereocenters. The molecule has 146 valence electrons. The Bertz CT molecular complexity index is 744. The molecule has 2 N–H and O–H groups in total. The van der Waals surface area contributed by atoms with Crippen LogP contribution in [-0.4, -0.2) is 29.8 Å². The second kappa shape index (κ2) is 10.3. The lowest BCUT2D eigenvalue weighted by Crippen LogP contribution is -2.37. The fourth-order valence-corrected chi connectivity index (χ4v) is 3.06. The fourth-order valence-electron chi connectivity index (χ4n) is 2.84. The number of benzene rings is 2. The van der Waals surface area contributed by atoms with Crippen LogP contribution in [0.4, 0.5) is 0 Å². The van der Waals surface area contributed by atoms with Gasteiger partial charge in [-0.05, 0) is 62.4 Å². The highest BCUT2D eigenvalue weighted by molar-refractivity contribution is 6.32. The number of carbonyl (C=O) groups excluding carboxylic acids is 1. The van der Waals surface area contributed by atoms with Crippen LogP contribution in [0, 0.1) is 0 Å². The van der Waals surface area contributed by atoms with Crippen molar-refractivity contribution in [3.63, 3.8) is 0 Å². The lowest BCUT2D eigenvalue weighted by molar-refractivity contribution is 0.0930. The molecule has 0 aromatic heterocycles. The van der Waals surface area contributed by atoms with Crippen LogP contribution in [-0.2, 0) is 12.8 Å². The number of ether oxygens (including phenoxy) is 1. The third-order valence-corrected chi connectivity index (χ3v) is 4.58. The van der Waals surface area contributed by atoms with E-state index in [9.17, 15) is 9.90 Å². The van der Waals surface area contributed by atoms with Crippen molar-refractivity contribution in [3.05, 3.63) is 64.2 Å². The van der Waals surface area contributed by atoms with Gasteiger partial charge in [-0.15, -0.1) is 0 Å². The molecule has 0 spiro atoms. The summed E-state index contributed by atoms with van der Waals surface area (Å²) in [7, 11) is 0. The van der Waals surface area contributed by atoms with E-state index in [0.29, 0.717) is 29.2 Å². The summed E-state index contributed by atoms with van der Waals surface area (Å²) < 4.78 is 5.60. The molecule has 0 bridgehead atoms. The molecular weight excluding hydrogens is 362 g/mol. The maximum atomic E-state index is 12.6. The number of halogens is 1. The van der Waals surface area contributed by atoms with Gasteiger partial charge in [-0.3, -0.25) is 4.79 Å². The molecule has 2 aromatic rings. The van der Waals surface area contributed by atoms with Crippen molar-refractivity contribution in [1.29, 1.82) is 0 Å². The van der Waals surface area contributed by atoms with Gasteiger partial charge in [0, 0.05) is 18.2 Å². The van der Waals surface area contributed by atoms with Gasteiger partial charge in [0.25, 0.3) is 5.91 Å². The molecule has 0 saturated heterocycles. The van der Waals surface area contributed by atoms with Crippen LogP contribution in [0.15, 0.2) is 42.5 Å². The summed E-state index contributed by atoms with van der Waals surface area (Å²) in [5.41, 5.74) is 2.88. The lowest BCUT2D eigenvalue weighted by Gasteiger charge is -2.19. The third kappa shape index (κ3) is 6.56. The van der Waals surface area contributed by atoms with Crippen LogP contribution in [0.2, 0.25) is 5.02 Å². The summed E-state index contributed by atoms with van der Waals surface area (Å²) in [5.74, 6) is 0.350. The number of rotatable bonds is 9. The number of aliphatic hydroxyl groups is 1. The van der Waals surface area contributed by atoms with E-state index in [1.54, 1.807) is 18.2 Å². The lowest BCUT2D eigenvalue weighted by atomic mass is 10.0. The van der Waals surface area contributed by atoms with Gasteiger partial charge in [0.1, 0.15) is 5.75 Å². The molecule has 4 nitrogen and oxygen atoms in total. The van der Waals surface area contributed by atoms with Gasteiger partial charge in [-0.2, -0.15) is 0 Å². The maximum absolute atomic E-state index is 12.6. The van der Waals surface area contributed by atoms with E-state index in [2.05, 4.69) is 36.5 Å². The number of aryl methyl sites for hydroxylation is 1. The molecule has 2 rings (SSSR count). The molecule has 0 aliphatic heterocycles. The number of carbonyl (C=O) groups is 1. The zero-order valence-electron chi connectivity index (χ0n) is 16.2. The minimum Gasteiger partial charge on any atom is -0.489 e. The zero-order chi connectivity index (χ0) is 19.8. The van der Waals surface area contributed by atoms with Gasteiger partial charge in [0.2, 0.25) is 0 Å². The van der Waals surface area contributed by atoms with E-state index in [0.717, 1.165) is 12.0 Å². The second-order valence-corrected chi connectivity index (χ2v) is 7.28. The van der Waals surface area contributed by atoms with Gasteiger partial charge in [0.05, 0.1) is 11.1 Å². The molecule has 5 heteroatoms. The molecular formula is C22H28ClNO3. The predicted octanol–water partition coefficient (Wildman–Crippen LogP) is 4.41.